The van der Waals surface area contributed by atoms with Crippen LogP contribution in [0.15, 0.2) is 64.4 Å². The Morgan fingerprint density at radius 2 is 1.63 bits per heavy atom. The van der Waals surface area contributed by atoms with Gasteiger partial charge >= 0.3 is 0 Å². The van der Waals surface area contributed by atoms with E-state index in [1.807, 2.05) is 6.92 Å². The molecule has 3 heterocycles. The van der Waals surface area contributed by atoms with E-state index in [0.717, 1.165) is 10.0 Å². The average Bonchev–Trinajstić information content (AvgIpc) is 3.07. The van der Waals surface area contributed by atoms with E-state index in [1.165, 1.54) is 16.4 Å². The van der Waals surface area contributed by atoms with E-state index in [4.69, 9.17) is 0 Å². The van der Waals surface area contributed by atoms with Crippen LogP contribution in [-0.4, -0.2) is 32.4 Å². The van der Waals surface area contributed by atoms with Gasteiger partial charge in [0, 0.05) is 34.0 Å². The zero-order valence-electron chi connectivity index (χ0n) is 16.5. The second-order valence-electron chi connectivity index (χ2n) is 7.53. The number of benzene rings is 1. The molecule has 9 heteroatoms. The molecule has 30 heavy (non-hydrogen) atoms. The summed E-state index contributed by atoms with van der Waals surface area (Å²) in [6.45, 7) is 5.07. The minimum Gasteiger partial charge on any atom is -0.382 e. The minimum atomic E-state index is -3.94. The minimum absolute atomic E-state index is 0.158. The van der Waals surface area contributed by atoms with Crippen LogP contribution in [0.4, 0.5) is 0 Å². The molecule has 0 fully saturated rings. The van der Waals surface area contributed by atoms with Gasteiger partial charge in [-0.1, -0.05) is 17.7 Å². The summed E-state index contributed by atoms with van der Waals surface area (Å²) in [5, 5.41) is 10.8. The maximum Gasteiger partial charge on any atom is 0.269 e. The van der Waals surface area contributed by atoms with Gasteiger partial charge in [0.25, 0.3) is 10.0 Å². The van der Waals surface area contributed by atoms with Crippen LogP contribution in [0.25, 0.3) is 22.3 Å². The van der Waals surface area contributed by atoms with Crippen molar-refractivity contribution in [1.29, 1.82) is 0 Å². The van der Waals surface area contributed by atoms with Gasteiger partial charge in [0.1, 0.15) is 5.60 Å². The Bertz CT molecular complexity index is 1340. The number of aryl methyl sites for hydroxylation is 1. The number of rotatable bonds is 4. The van der Waals surface area contributed by atoms with Gasteiger partial charge in [0.2, 0.25) is 0 Å². The smallest absolute Gasteiger partial charge is 0.269 e. The van der Waals surface area contributed by atoms with Gasteiger partial charge in [-0.2, -0.15) is 0 Å². The number of aromatic nitrogens is 4. The summed E-state index contributed by atoms with van der Waals surface area (Å²) in [4.78, 5) is 13.0. The van der Waals surface area contributed by atoms with Crippen molar-refractivity contribution < 1.29 is 13.5 Å². The molecular weight excluding hydrogens is 468 g/mol. The predicted molar refractivity (Wildman–Crippen MR) is 117 cm³/mol. The molecule has 0 aliphatic carbocycles. The van der Waals surface area contributed by atoms with Crippen LogP contribution in [0.3, 0.4) is 0 Å². The Labute approximate surface area is 182 Å². The molecule has 0 radical (unpaired) electrons. The van der Waals surface area contributed by atoms with Crippen molar-refractivity contribution in [3.63, 3.8) is 0 Å². The molecule has 0 bridgehead atoms. The summed E-state index contributed by atoms with van der Waals surface area (Å²) in [5.74, 6) is 0.246. The highest BCUT2D eigenvalue weighted by Gasteiger charge is 2.26. The van der Waals surface area contributed by atoms with E-state index in [9.17, 15) is 13.5 Å². The number of halogens is 1. The van der Waals surface area contributed by atoms with Crippen molar-refractivity contribution in [3.05, 3.63) is 70.8 Å². The standard InChI is InChI=1S/C21H19BrN4O3S/c1-13-4-6-17(7-5-13)30(28,29)26-18(9-14-8-16(22)12-23-19(14)26)15-10-24-20(25-11-15)21(2,3)27/h4-12,27H,1-3H3. The Hall–Kier alpha value is -2.62. The number of hydrogen-bond acceptors (Lipinski definition) is 6. The molecule has 0 aliphatic heterocycles. The molecule has 3 aromatic heterocycles. The Morgan fingerprint density at radius 1 is 1.00 bits per heavy atom. The maximum atomic E-state index is 13.6. The first-order chi connectivity index (χ1) is 14.1. The molecule has 0 saturated carbocycles. The molecule has 4 aromatic rings. The van der Waals surface area contributed by atoms with E-state index in [1.54, 1.807) is 56.4 Å². The molecular formula is C21H19BrN4O3S. The van der Waals surface area contributed by atoms with Crippen LogP contribution < -0.4 is 0 Å². The highest BCUT2D eigenvalue weighted by molar-refractivity contribution is 9.10. The van der Waals surface area contributed by atoms with E-state index >= 15 is 0 Å². The second-order valence-corrected chi connectivity index (χ2v) is 10.2. The van der Waals surface area contributed by atoms with Crippen LogP contribution in [0.2, 0.25) is 0 Å². The van der Waals surface area contributed by atoms with Gasteiger partial charge in [-0.05, 0) is 61.0 Å². The summed E-state index contributed by atoms with van der Waals surface area (Å²) in [5.41, 5.74) is 0.946. The molecule has 1 aromatic carbocycles. The van der Waals surface area contributed by atoms with Gasteiger partial charge in [0.05, 0.1) is 10.6 Å². The first kappa shape index (κ1) is 20.6. The Balaban J connectivity index is 1.98. The zero-order chi connectivity index (χ0) is 21.7. The van der Waals surface area contributed by atoms with Gasteiger partial charge in [-0.15, -0.1) is 0 Å². The highest BCUT2D eigenvalue weighted by atomic mass is 79.9. The summed E-state index contributed by atoms with van der Waals surface area (Å²) in [7, 11) is -3.94. The third kappa shape index (κ3) is 3.64. The van der Waals surface area contributed by atoms with Crippen molar-refractivity contribution in [1.82, 2.24) is 18.9 Å². The third-order valence-corrected chi connectivity index (χ3v) is 6.77. The van der Waals surface area contributed by atoms with Gasteiger partial charge in [0.15, 0.2) is 11.5 Å². The van der Waals surface area contributed by atoms with Crippen LogP contribution in [0.5, 0.6) is 0 Å². The van der Waals surface area contributed by atoms with Crippen molar-refractivity contribution in [2.24, 2.45) is 0 Å². The monoisotopic (exact) mass is 486 g/mol. The van der Waals surface area contributed by atoms with Crippen LogP contribution in [0, 0.1) is 6.92 Å². The van der Waals surface area contributed by atoms with Crippen LogP contribution in [-0.2, 0) is 15.6 Å². The lowest BCUT2D eigenvalue weighted by atomic mass is 10.1. The molecule has 0 aliphatic rings. The molecule has 0 saturated heterocycles. The number of aliphatic hydroxyl groups is 1. The molecule has 0 unspecified atom stereocenters. The topological polar surface area (TPSA) is 98.0 Å². The number of nitrogens with zero attached hydrogens (tertiary/aromatic N) is 4. The van der Waals surface area contributed by atoms with E-state index in [2.05, 4.69) is 30.9 Å². The Morgan fingerprint density at radius 3 is 2.23 bits per heavy atom. The van der Waals surface area contributed by atoms with Crippen molar-refractivity contribution in [2.75, 3.05) is 0 Å². The number of hydrogen-bond donors (Lipinski definition) is 1. The quantitative estimate of drug-likeness (QED) is 0.467. The lowest BCUT2D eigenvalue weighted by molar-refractivity contribution is 0.0687. The molecule has 154 valence electrons. The first-order valence-electron chi connectivity index (χ1n) is 9.12. The molecule has 4 rings (SSSR count). The van der Waals surface area contributed by atoms with E-state index in [0.29, 0.717) is 22.3 Å². The van der Waals surface area contributed by atoms with Gasteiger partial charge in [-0.25, -0.2) is 27.3 Å². The van der Waals surface area contributed by atoms with Crippen LogP contribution >= 0.6 is 15.9 Å². The summed E-state index contributed by atoms with van der Waals surface area (Å²) < 4.78 is 29.1. The van der Waals surface area contributed by atoms with Crippen LogP contribution in [0.1, 0.15) is 25.2 Å². The number of fused-ring (bicyclic) bond motifs is 1. The fourth-order valence-corrected chi connectivity index (χ4v) is 4.92. The zero-order valence-corrected chi connectivity index (χ0v) is 18.9. The number of pyridine rings is 1. The van der Waals surface area contributed by atoms with Crippen molar-refractivity contribution >= 4 is 37.0 Å². The molecule has 7 nitrogen and oxygen atoms in total. The fourth-order valence-electron chi connectivity index (χ4n) is 3.08. The SMILES string of the molecule is Cc1ccc(S(=O)(=O)n2c(-c3cnc(C(C)(C)O)nc3)cc3cc(Br)cnc32)cc1. The lowest BCUT2D eigenvalue weighted by Crippen LogP contribution is -2.19. The highest BCUT2D eigenvalue weighted by Crippen LogP contribution is 2.32. The predicted octanol–water partition coefficient (Wildman–Crippen LogP) is 4.03. The molecule has 0 spiro atoms. The Kier molecular flexibility index (Phi) is 5.00. The van der Waals surface area contributed by atoms with Crippen molar-refractivity contribution in [2.45, 2.75) is 31.3 Å². The summed E-state index contributed by atoms with van der Waals surface area (Å²) >= 11 is 3.38. The fraction of sp³-hybridized carbons (Fsp3) is 0.190. The molecule has 0 amide bonds. The maximum absolute atomic E-state index is 13.6. The van der Waals surface area contributed by atoms with Gasteiger partial charge < -0.3 is 5.11 Å². The first-order valence-corrected chi connectivity index (χ1v) is 11.4. The van der Waals surface area contributed by atoms with E-state index < -0.39 is 15.6 Å². The van der Waals surface area contributed by atoms with Crippen molar-refractivity contribution in [3.8, 4) is 11.3 Å². The molecule has 0 atom stereocenters. The van der Waals surface area contributed by atoms with Gasteiger partial charge in [-0.3, -0.25) is 0 Å². The lowest BCUT2D eigenvalue weighted by Gasteiger charge is -2.15. The summed E-state index contributed by atoms with van der Waals surface area (Å²) in [6.07, 6.45) is 4.57. The summed E-state index contributed by atoms with van der Waals surface area (Å²) in [6, 6.07) is 10.2. The molecule has 1 N–H and O–H groups in total. The van der Waals surface area contributed by atoms with E-state index in [-0.39, 0.29) is 10.7 Å². The third-order valence-electron chi connectivity index (χ3n) is 4.62. The normalized spacial score (nSPS) is 12.4. The largest absolute Gasteiger partial charge is 0.382 e. The average molecular weight is 487 g/mol. The second kappa shape index (κ2) is 7.26.